The van der Waals surface area contributed by atoms with Gasteiger partial charge in [-0.15, -0.1) is 0 Å². The summed E-state index contributed by atoms with van der Waals surface area (Å²) in [7, 11) is 0. The van der Waals surface area contributed by atoms with Gasteiger partial charge in [0.25, 0.3) is 0 Å². The number of anilines is 1. The molecule has 1 heterocycles. The van der Waals surface area contributed by atoms with Gasteiger partial charge < -0.3 is 9.73 Å². The molecule has 0 atom stereocenters. The van der Waals surface area contributed by atoms with Crippen molar-refractivity contribution in [2.75, 3.05) is 5.32 Å². The van der Waals surface area contributed by atoms with Gasteiger partial charge in [0.2, 0.25) is 5.91 Å². The number of nitriles is 1. The van der Waals surface area contributed by atoms with Crippen molar-refractivity contribution in [1.82, 2.24) is 0 Å². The molecule has 0 unspecified atom stereocenters. The van der Waals surface area contributed by atoms with E-state index in [1.165, 1.54) is 6.08 Å². The van der Waals surface area contributed by atoms with Crippen LogP contribution in [0.4, 0.5) is 5.69 Å². The maximum atomic E-state index is 11.7. The van der Waals surface area contributed by atoms with Crippen LogP contribution in [0.1, 0.15) is 11.3 Å². The molecule has 20 heavy (non-hydrogen) atoms. The van der Waals surface area contributed by atoms with Crippen LogP contribution in [0.3, 0.4) is 0 Å². The van der Waals surface area contributed by atoms with E-state index in [-0.39, 0.29) is 5.91 Å². The van der Waals surface area contributed by atoms with Crippen molar-refractivity contribution in [3.05, 3.63) is 57.6 Å². The Kier molecular flexibility index (Phi) is 4.96. The number of halogens is 1. The third-order valence-electron chi connectivity index (χ3n) is 2.50. The zero-order chi connectivity index (χ0) is 14.4. The van der Waals surface area contributed by atoms with Crippen LogP contribution in [0.25, 0.3) is 6.08 Å². The summed E-state index contributed by atoms with van der Waals surface area (Å²) in [6, 6.07) is 12.9. The Hall–Kier alpha value is -2.07. The van der Waals surface area contributed by atoms with Gasteiger partial charge in [0, 0.05) is 11.8 Å². The van der Waals surface area contributed by atoms with Gasteiger partial charge in [-0.05, 0) is 58.5 Å². The fourth-order valence-electron chi connectivity index (χ4n) is 1.56. The molecular formula is C15H11IN2O2. The monoisotopic (exact) mass is 378 g/mol. The van der Waals surface area contributed by atoms with E-state index in [2.05, 4.69) is 34.0 Å². The number of benzene rings is 1. The minimum absolute atomic E-state index is 0.232. The lowest BCUT2D eigenvalue weighted by atomic mass is 10.1. The predicted molar refractivity (Wildman–Crippen MR) is 84.8 cm³/mol. The van der Waals surface area contributed by atoms with E-state index in [1.807, 2.05) is 18.2 Å². The minimum atomic E-state index is -0.232. The fourth-order valence-corrected chi connectivity index (χ4v) is 1.99. The Bertz CT molecular complexity index is 666. The van der Waals surface area contributed by atoms with Gasteiger partial charge >= 0.3 is 0 Å². The first-order chi connectivity index (χ1) is 9.67. The zero-order valence-corrected chi connectivity index (χ0v) is 12.6. The van der Waals surface area contributed by atoms with Gasteiger partial charge in [0.05, 0.1) is 12.5 Å². The number of hydrogen-bond donors (Lipinski definition) is 1. The Morgan fingerprint density at radius 3 is 2.65 bits per heavy atom. The molecule has 2 rings (SSSR count). The lowest BCUT2D eigenvalue weighted by molar-refractivity contribution is -0.111. The highest BCUT2D eigenvalue weighted by molar-refractivity contribution is 14.1. The molecule has 1 N–H and O–H groups in total. The minimum Gasteiger partial charge on any atom is -0.451 e. The van der Waals surface area contributed by atoms with E-state index < -0.39 is 0 Å². The molecule has 0 bridgehead atoms. The summed E-state index contributed by atoms with van der Waals surface area (Å²) in [6.45, 7) is 0. The van der Waals surface area contributed by atoms with Crippen LogP contribution in [-0.2, 0) is 11.2 Å². The van der Waals surface area contributed by atoms with Gasteiger partial charge in [-0.2, -0.15) is 5.26 Å². The predicted octanol–water partition coefficient (Wildman–Crippen LogP) is 3.60. The van der Waals surface area contributed by atoms with E-state index in [0.717, 1.165) is 9.33 Å². The fraction of sp³-hybridized carbons (Fsp3) is 0.0667. The van der Waals surface area contributed by atoms with Crippen LogP contribution in [0.5, 0.6) is 0 Å². The molecule has 0 aliphatic carbocycles. The molecule has 0 radical (unpaired) electrons. The molecule has 2 aromatic rings. The van der Waals surface area contributed by atoms with Crippen LogP contribution >= 0.6 is 22.6 Å². The second-order valence-electron chi connectivity index (χ2n) is 4.00. The third-order valence-corrected chi connectivity index (χ3v) is 3.08. The number of rotatable bonds is 4. The molecule has 0 spiro atoms. The molecule has 0 aliphatic rings. The maximum Gasteiger partial charge on any atom is 0.248 e. The van der Waals surface area contributed by atoms with Crippen molar-refractivity contribution in [3.8, 4) is 6.07 Å². The lowest BCUT2D eigenvalue weighted by Crippen LogP contribution is -2.07. The summed E-state index contributed by atoms with van der Waals surface area (Å²) in [4.78, 5) is 11.7. The number of nitrogens with one attached hydrogen (secondary N) is 1. The Morgan fingerprint density at radius 1 is 1.30 bits per heavy atom. The molecule has 0 fully saturated rings. The first kappa shape index (κ1) is 14.3. The number of amides is 1. The lowest BCUT2D eigenvalue weighted by Gasteiger charge is -2.02. The molecule has 0 saturated heterocycles. The van der Waals surface area contributed by atoms with Crippen molar-refractivity contribution in [2.45, 2.75) is 6.42 Å². The second kappa shape index (κ2) is 6.91. The summed E-state index contributed by atoms with van der Waals surface area (Å²) >= 11 is 2.06. The molecule has 1 amide bonds. The van der Waals surface area contributed by atoms with E-state index in [4.69, 9.17) is 9.68 Å². The number of hydrogen-bond acceptors (Lipinski definition) is 3. The summed E-state index contributed by atoms with van der Waals surface area (Å²) in [5.41, 5.74) is 1.61. The van der Waals surface area contributed by atoms with E-state index in [0.29, 0.717) is 17.9 Å². The highest BCUT2D eigenvalue weighted by Crippen LogP contribution is 2.12. The standard InChI is InChI=1S/C15H11IN2O2/c16-14-7-5-13(20-14)6-8-15(19)18-12-3-1-11(2-4-12)9-10-17/h1-8H,9H2,(H,18,19)/b8-6+. The van der Waals surface area contributed by atoms with Crippen molar-refractivity contribution in [3.63, 3.8) is 0 Å². The van der Waals surface area contributed by atoms with Crippen LogP contribution < -0.4 is 5.32 Å². The Labute approximate surface area is 130 Å². The molecule has 4 nitrogen and oxygen atoms in total. The first-order valence-electron chi connectivity index (χ1n) is 5.87. The van der Waals surface area contributed by atoms with Crippen molar-refractivity contribution < 1.29 is 9.21 Å². The normalized spacial score (nSPS) is 10.4. The summed E-state index contributed by atoms with van der Waals surface area (Å²) in [6.07, 6.45) is 3.39. The third kappa shape index (κ3) is 4.24. The van der Waals surface area contributed by atoms with Crippen LogP contribution in [0, 0.1) is 15.1 Å². The number of carbonyl (C=O) groups is 1. The largest absolute Gasteiger partial charge is 0.451 e. The van der Waals surface area contributed by atoms with Gasteiger partial charge in [-0.3, -0.25) is 4.79 Å². The molecule has 100 valence electrons. The molecule has 5 heteroatoms. The first-order valence-corrected chi connectivity index (χ1v) is 6.95. The highest BCUT2D eigenvalue weighted by atomic mass is 127. The topological polar surface area (TPSA) is 66.0 Å². The number of furan rings is 1. The molecule has 1 aromatic heterocycles. The van der Waals surface area contributed by atoms with Crippen molar-refractivity contribution >= 4 is 40.3 Å². The Morgan fingerprint density at radius 2 is 2.05 bits per heavy atom. The Balaban J connectivity index is 1.94. The van der Waals surface area contributed by atoms with E-state index >= 15 is 0 Å². The SMILES string of the molecule is N#CCc1ccc(NC(=O)/C=C/c2ccc(I)o2)cc1. The summed E-state index contributed by atoms with van der Waals surface area (Å²) in [5.74, 6) is 0.401. The smallest absolute Gasteiger partial charge is 0.248 e. The molecule has 0 aliphatic heterocycles. The average Bonchev–Trinajstić information content (AvgIpc) is 2.85. The second-order valence-corrected chi connectivity index (χ2v) is 5.06. The summed E-state index contributed by atoms with van der Waals surface area (Å²) < 4.78 is 6.09. The maximum absolute atomic E-state index is 11.7. The van der Waals surface area contributed by atoms with Crippen molar-refractivity contribution in [1.29, 1.82) is 5.26 Å². The number of carbonyl (C=O) groups excluding carboxylic acids is 1. The van der Waals surface area contributed by atoms with Crippen LogP contribution in [0.15, 0.2) is 46.9 Å². The number of nitrogens with zero attached hydrogens (tertiary/aromatic N) is 1. The van der Waals surface area contributed by atoms with Gasteiger partial charge in [-0.1, -0.05) is 12.1 Å². The van der Waals surface area contributed by atoms with Gasteiger partial charge in [-0.25, -0.2) is 0 Å². The zero-order valence-electron chi connectivity index (χ0n) is 10.5. The van der Waals surface area contributed by atoms with E-state index in [9.17, 15) is 4.79 Å². The van der Waals surface area contributed by atoms with Gasteiger partial charge in [0.1, 0.15) is 5.76 Å². The molecule has 1 aromatic carbocycles. The highest BCUT2D eigenvalue weighted by Gasteiger charge is 2.00. The van der Waals surface area contributed by atoms with Crippen LogP contribution in [0.2, 0.25) is 0 Å². The quantitative estimate of drug-likeness (QED) is 0.653. The van der Waals surface area contributed by atoms with Gasteiger partial charge in [0.15, 0.2) is 3.77 Å². The van der Waals surface area contributed by atoms with E-state index in [1.54, 1.807) is 24.3 Å². The van der Waals surface area contributed by atoms with Crippen molar-refractivity contribution in [2.24, 2.45) is 0 Å². The summed E-state index contributed by atoms with van der Waals surface area (Å²) in [5, 5.41) is 11.3. The average molecular weight is 378 g/mol. The molecule has 0 saturated carbocycles. The molecular weight excluding hydrogens is 367 g/mol. The van der Waals surface area contributed by atoms with Crippen LogP contribution in [-0.4, -0.2) is 5.91 Å².